The predicted molar refractivity (Wildman–Crippen MR) is 86.6 cm³/mol. The lowest BCUT2D eigenvalue weighted by atomic mass is 10.1. The van der Waals surface area contributed by atoms with E-state index < -0.39 is 0 Å². The Morgan fingerprint density at radius 2 is 2.33 bits per heavy atom. The summed E-state index contributed by atoms with van der Waals surface area (Å²) in [4.78, 5) is 14.2. The van der Waals surface area contributed by atoms with Crippen LogP contribution in [0, 0.1) is 5.92 Å². The van der Waals surface area contributed by atoms with Crippen LogP contribution < -0.4 is 15.5 Å². The summed E-state index contributed by atoms with van der Waals surface area (Å²) in [5.74, 6) is 0.547. The number of rotatable bonds is 4. The van der Waals surface area contributed by atoms with Crippen LogP contribution in [0.25, 0.3) is 0 Å². The third-order valence-electron chi connectivity index (χ3n) is 4.40. The number of hydrogen-bond donors (Lipinski definition) is 3. The molecule has 0 saturated carbocycles. The minimum Gasteiger partial charge on any atom is -0.396 e. The van der Waals surface area contributed by atoms with Crippen LogP contribution in [0.4, 0.5) is 11.4 Å². The van der Waals surface area contributed by atoms with E-state index in [-0.39, 0.29) is 18.6 Å². The maximum Gasteiger partial charge on any atom is 0.246 e. The quantitative estimate of drug-likeness (QED) is 0.773. The third-order valence-corrected chi connectivity index (χ3v) is 5.04. The van der Waals surface area contributed by atoms with Gasteiger partial charge in [0.15, 0.2) is 0 Å². The van der Waals surface area contributed by atoms with Crippen LogP contribution in [0.1, 0.15) is 24.4 Å². The zero-order valence-electron chi connectivity index (χ0n) is 12.0. The molecule has 114 valence electrons. The number of hydrogen-bond acceptors (Lipinski definition) is 4. The van der Waals surface area contributed by atoms with Crippen molar-refractivity contribution in [2.75, 3.05) is 37.0 Å². The molecule has 3 rings (SSSR count). The van der Waals surface area contributed by atoms with Gasteiger partial charge in [0.05, 0.1) is 5.69 Å². The summed E-state index contributed by atoms with van der Waals surface area (Å²) < 4.78 is 1.02. The molecule has 6 heteroatoms. The van der Waals surface area contributed by atoms with Gasteiger partial charge in [-0.3, -0.25) is 4.79 Å². The molecule has 1 amide bonds. The molecule has 0 radical (unpaired) electrons. The summed E-state index contributed by atoms with van der Waals surface area (Å²) in [7, 11) is 1.79. The molecule has 3 N–H and O–H groups in total. The SMILES string of the molecule is CNC1C(=O)Nc2cc(N3CCC(CCO)C3)c(Br)cc21. The van der Waals surface area contributed by atoms with E-state index in [1.807, 2.05) is 6.07 Å². The van der Waals surface area contributed by atoms with Crippen molar-refractivity contribution in [1.29, 1.82) is 0 Å². The Morgan fingerprint density at radius 1 is 1.52 bits per heavy atom. The number of benzene rings is 1. The Hall–Kier alpha value is -1.11. The maximum atomic E-state index is 11.9. The molecule has 21 heavy (non-hydrogen) atoms. The van der Waals surface area contributed by atoms with Gasteiger partial charge in [-0.25, -0.2) is 0 Å². The van der Waals surface area contributed by atoms with Gasteiger partial charge in [-0.1, -0.05) is 0 Å². The van der Waals surface area contributed by atoms with Gasteiger partial charge in [0.1, 0.15) is 6.04 Å². The van der Waals surface area contributed by atoms with Gasteiger partial charge in [0.2, 0.25) is 5.91 Å². The third kappa shape index (κ3) is 2.67. The van der Waals surface area contributed by atoms with Crippen molar-refractivity contribution in [3.63, 3.8) is 0 Å². The minimum atomic E-state index is -0.272. The first-order valence-electron chi connectivity index (χ1n) is 7.31. The number of carbonyl (C=O) groups excluding carboxylic acids is 1. The van der Waals surface area contributed by atoms with Crippen LogP contribution in [0.15, 0.2) is 16.6 Å². The van der Waals surface area contributed by atoms with Crippen molar-refractivity contribution in [3.05, 3.63) is 22.2 Å². The number of anilines is 2. The number of aliphatic hydroxyl groups is 1. The van der Waals surface area contributed by atoms with Crippen LogP contribution in [-0.2, 0) is 4.79 Å². The second-order valence-electron chi connectivity index (χ2n) is 5.71. The lowest BCUT2D eigenvalue weighted by molar-refractivity contribution is -0.117. The van der Waals surface area contributed by atoms with Gasteiger partial charge in [0, 0.05) is 35.4 Å². The Labute approximate surface area is 132 Å². The van der Waals surface area contributed by atoms with Gasteiger partial charge >= 0.3 is 0 Å². The Morgan fingerprint density at radius 3 is 3.05 bits per heavy atom. The van der Waals surface area contributed by atoms with E-state index in [0.29, 0.717) is 5.92 Å². The summed E-state index contributed by atoms with van der Waals surface area (Å²) in [6.07, 6.45) is 1.97. The fourth-order valence-corrected chi connectivity index (χ4v) is 3.88. The topological polar surface area (TPSA) is 64.6 Å². The van der Waals surface area contributed by atoms with Gasteiger partial charge < -0.3 is 20.6 Å². The predicted octanol–water partition coefficient (Wildman–Crippen LogP) is 1.87. The average molecular weight is 354 g/mol. The zero-order chi connectivity index (χ0) is 15.0. The van der Waals surface area contributed by atoms with E-state index in [1.165, 1.54) is 0 Å². The molecule has 2 unspecified atom stereocenters. The largest absolute Gasteiger partial charge is 0.396 e. The smallest absolute Gasteiger partial charge is 0.246 e. The maximum absolute atomic E-state index is 11.9. The Bertz CT molecular complexity index is 564. The fourth-order valence-electron chi connectivity index (χ4n) is 3.27. The van der Waals surface area contributed by atoms with Crippen molar-refractivity contribution in [2.45, 2.75) is 18.9 Å². The molecular weight excluding hydrogens is 334 g/mol. The summed E-state index contributed by atoms with van der Waals surface area (Å²) in [5.41, 5.74) is 3.00. The molecule has 2 aliphatic heterocycles. The molecule has 0 aromatic heterocycles. The van der Waals surface area contributed by atoms with Gasteiger partial charge in [-0.05, 0) is 53.9 Å². The summed E-state index contributed by atoms with van der Waals surface area (Å²) >= 11 is 3.64. The minimum absolute atomic E-state index is 0.00358. The van der Waals surface area contributed by atoms with Crippen LogP contribution in [0.2, 0.25) is 0 Å². The van der Waals surface area contributed by atoms with Crippen molar-refractivity contribution in [3.8, 4) is 0 Å². The van der Waals surface area contributed by atoms with Crippen molar-refractivity contribution in [1.82, 2.24) is 5.32 Å². The van der Waals surface area contributed by atoms with Crippen LogP contribution in [0.3, 0.4) is 0 Å². The summed E-state index contributed by atoms with van der Waals surface area (Å²) in [6.45, 7) is 2.20. The number of nitrogens with zero attached hydrogens (tertiary/aromatic N) is 1. The number of likely N-dealkylation sites (N-methyl/N-ethyl adjacent to an activating group) is 1. The second kappa shape index (κ2) is 5.94. The number of aliphatic hydroxyl groups excluding tert-OH is 1. The van der Waals surface area contributed by atoms with E-state index in [0.717, 1.165) is 47.3 Å². The number of carbonyl (C=O) groups is 1. The molecule has 0 aliphatic carbocycles. The first-order valence-corrected chi connectivity index (χ1v) is 8.10. The van der Waals surface area contributed by atoms with Gasteiger partial charge in [-0.2, -0.15) is 0 Å². The average Bonchev–Trinajstić information content (AvgIpc) is 3.02. The molecule has 2 atom stereocenters. The Kier molecular flexibility index (Phi) is 4.19. The lowest BCUT2D eigenvalue weighted by Crippen LogP contribution is -2.23. The van der Waals surface area contributed by atoms with Crippen LogP contribution >= 0.6 is 15.9 Å². The highest BCUT2D eigenvalue weighted by molar-refractivity contribution is 9.10. The van der Waals surface area contributed by atoms with Gasteiger partial charge in [0.25, 0.3) is 0 Å². The summed E-state index contributed by atoms with van der Waals surface area (Å²) in [5, 5.41) is 15.0. The van der Waals surface area contributed by atoms with Gasteiger partial charge in [-0.15, -0.1) is 0 Å². The summed E-state index contributed by atoms with van der Waals surface area (Å²) in [6, 6.07) is 3.81. The van der Waals surface area contributed by atoms with E-state index in [2.05, 4.69) is 37.5 Å². The monoisotopic (exact) mass is 353 g/mol. The van der Waals surface area contributed by atoms with Crippen LogP contribution in [0.5, 0.6) is 0 Å². The zero-order valence-corrected chi connectivity index (χ0v) is 13.6. The normalized spacial score (nSPS) is 24.3. The highest BCUT2D eigenvalue weighted by atomic mass is 79.9. The van der Waals surface area contributed by atoms with Crippen LogP contribution in [-0.4, -0.2) is 37.8 Å². The fraction of sp³-hybridized carbons (Fsp3) is 0.533. The van der Waals surface area contributed by atoms with Crippen molar-refractivity contribution in [2.24, 2.45) is 5.92 Å². The van der Waals surface area contributed by atoms with E-state index in [1.54, 1.807) is 7.05 Å². The molecule has 1 aromatic rings. The molecule has 2 heterocycles. The van der Waals surface area contributed by atoms with E-state index >= 15 is 0 Å². The first kappa shape index (κ1) is 14.8. The molecule has 2 aliphatic rings. The standard InChI is InChI=1S/C15H20BrN3O2/c1-17-14-10-6-11(16)13(7-12(10)18-15(14)21)19-4-2-9(8-19)3-5-20/h6-7,9,14,17,20H,2-5,8H2,1H3,(H,18,21). The highest BCUT2D eigenvalue weighted by Crippen LogP contribution is 2.40. The Balaban J connectivity index is 1.86. The first-order chi connectivity index (χ1) is 10.1. The molecular formula is C15H20BrN3O2. The molecule has 0 bridgehead atoms. The number of nitrogens with one attached hydrogen (secondary N) is 2. The van der Waals surface area contributed by atoms with E-state index in [4.69, 9.17) is 5.11 Å². The molecule has 1 fully saturated rings. The second-order valence-corrected chi connectivity index (χ2v) is 6.57. The lowest BCUT2D eigenvalue weighted by Gasteiger charge is -2.21. The molecule has 1 saturated heterocycles. The number of halogens is 1. The van der Waals surface area contributed by atoms with Crippen molar-refractivity contribution >= 4 is 33.2 Å². The highest BCUT2D eigenvalue weighted by Gasteiger charge is 2.32. The number of fused-ring (bicyclic) bond motifs is 1. The number of amides is 1. The molecule has 0 spiro atoms. The van der Waals surface area contributed by atoms with E-state index in [9.17, 15) is 4.79 Å². The molecule has 5 nitrogen and oxygen atoms in total. The molecule has 1 aromatic carbocycles. The van der Waals surface area contributed by atoms with Crippen molar-refractivity contribution < 1.29 is 9.90 Å².